The number of H-pyrrole nitrogens is 1. The molecule has 0 saturated carbocycles. The highest BCUT2D eigenvalue weighted by atomic mass is 32.2. The Labute approximate surface area is 185 Å². The van der Waals surface area contributed by atoms with Gasteiger partial charge in [0.05, 0.1) is 0 Å². The number of para-hydroxylation sites is 1. The van der Waals surface area contributed by atoms with Crippen LogP contribution in [0.1, 0.15) is 36.3 Å². The van der Waals surface area contributed by atoms with Gasteiger partial charge in [0.2, 0.25) is 11.8 Å². The van der Waals surface area contributed by atoms with Crippen LogP contribution in [-0.4, -0.2) is 26.8 Å². The first kappa shape index (κ1) is 21.2. The number of hydrogen-bond donors (Lipinski definition) is 2. The number of aryl methyl sites for hydroxylation is 3. The summed E-state index contributed by atoms with van der Waals surface area (Å²) in [4.78, 5) is 15.3. The van der Waals surface area contributed by atoms with Crippen LogP contribution in [0.5, 0.6) is 0 Å². The molecule has 6 nitrogen and oxygen atoms in total. The predicted molar refractivity (Wildman–Crippen MR) is 124 cm³/mol. The molecule has 1 amide bonds. The van der Waals surface area contributed by atoms with E-state index < -0.39 is 0 Å². The number of amides is 1. The lowest BCUT2D eigenvalue weighted by atomic mass is 10.1. The van der Waals surface area contributed by atoms with E-state index >= 15 is 0 Å². The summed E-state index contributed by atoms with van der Waals surface area (Å²) in [6.45, 7) is 2.02. The molecule has 0 fully saturated rings. The molecule has 0 bridgehead atoms. The number of benzene rings is 2. The summed E-state index contributed by atoms with van der Waals surface area (Å²) < 4.78 is 5.74. The van der Waals surface area contributed by atoms with Crippen molar-refractivity contribution in [2.24, 2.45) is 0 Å². The zero-order valence-corrected chi connectivity index (χ0v) is 18.4. The highest BCUT2D eigenvalue weighted by molar-refractivity contribution is 7.99. The smallest absolute Gasteiger partial charge is 0.276 e. The van der Waals surface area contributed by atoms with E-state index in [9.17, 15) is 4.79 Å². The van der Waals surface area contributed by atoms with Gasteiger partial charge in [-0.05, 0) is 49.9 Å². The van der Waals surface area contributed by atoms with E-state index in [1.54, 1.807) is 0 Å². The minimum absolute atomic E-state index is 0.0213. The van der Waals surface area contributed by atoms with Gasteiger partial charge >= 0.3 is 0 Å². The number of carbonyl (C=O) groups excluding carboxylic acids is 1. The average molecular weight is 435 g/mol. The van der Waals surface area contributed by atoms with E-state index in [4.69, 9.17) is 4.42 Å². The Morgan fingerprint density at radius 1 is 1.06 bits per heavy atom. The maximum Gasteiger partial charge on any atom is 0.276 e. The number of thioether (sulfide) groups is 1. The number of hydrogen-bond acceptors (Lipinski definition) is 5. The van der Waals surface area contributed by atoms with Gasteiger partial charge in [-0.25, -0.2) is 0 Å². The first-order chi connectivity index (χ1) is 15.2. The van der Waals surface area contributed by atoms with Crippen LogP contribution in [0.3, 0.4) is 0 Å². The van der Waals surface area contributed by atoms with E-state index in [1.165, 1.54) is 33.8 Å². The molecule has 2 aromatic heterocycles. The average Bonchev–Trinajstić information content (AvgIpc) is 3.40. The summed E-state index contributed by atoms with van der Waals surface area (Å²) in [6.07, 6.45) is 5.96. The molecule has 0 unspecified atom stereocenters. The monoisotopic (exact) mass is 434 g/mol. The third-order valence-electron chi connectivity index (χ3n) is 5.07. The molecule has 4 aromatic rings. The van der Waals surface area contributed by atoms with Crippen LogP contribution < -0.4 is 5.32 Å². The van der Waals surface area contributed by atoms with Crippen molar-refractivity contribution in [3.05, 3.63) is 71.7 Å². The molecule has 2 heterocycles. The van der Waals surface area contributed by atoms with Crippen molar-refractivity contribution in [3.8, 4) is 0 Å². The second-order valence-electron chi connectivity index (χ2n) is 7.54. The molecular weight excluding hydrogens is 408 g/mol. The van der Waals surface area contributed by atoms with Crippen LogP contribution in [0.2, 0.25) is 0 Å². The van der Waals surface area contributed by atoms with E-state index in [0.29, 0.717) is 17.5 Å². The summed E-state index contributed by atoms with van der Waals surface area (Å²) in [5, 5.41) is 13.0. The highest BCUT2D eigenvalue weighted by Gasteiger charge is 2.09. The zero-order valence-electron chi connectivity index (χ0n) is 17.6. The number of nitrogens with zero attached hydrogens (tertiary/aromatic N) is 2. The second-order valence-corrected chi connectivity index (χ2v) is 8.59. The Bertz CT molecular complexity index is 1130. The number of carbonyl (C=O) groups is 1. The molecule has 7 heteroatoms. The van der Waals surface area contributed by atoms with Gasteiger partial charge in [-0.2, -0.15) is 0 Å². The maximum absolute atomic E-state index is 12.0. The standard InChI is InChI=1S/C24H26N4O2S/c1-17-11-13-19(14-12-17)26-22(29)9-5-15-31-24-28-27-23(30-24)10-4-6-18-16-25-21-8-3-2-7-20(18)21/h2-3,7-8,11-14,16,25H,4-6,9-10,15H2,1H3,(H,26,29). The summed E-state index contributed by atoms with van der Waals surface area (Å²) in [5.41, 5.74) is 4.49. The second kappa shape index (κ2) is 10.3. The molecule has 0 atom stereocenters. The lowest BCUT2D eigenvalue weighted by Crippen LogP contribution is -2.11. The molecule has 0 spiro atoms. The zero-order chi connectivity index (χ0) is 21.5. The molecule has 31 heavy (non-hydrogen) atoms. The number of fused-ring (bicyclic) bond motifs is 1. The largest absolute Gasteiger partial charge is 0.416 e. The van der Waals surface area contributed by atoms with Crippen molar-refractivity contribution in [1.82, 2.24) is 15.2 Å². The van der Waals surface area contributed by atoms with Crippen molar-refractivity contribution in [2.45, 2.75) is 44.3 Å². The topological polar surface area (TPSA) is 83.8 Å². The van der Waals surface area contributed by atoms with Crippen LogP contribution in [0.4, 0.5) is 5.69 Å². The van der Waals surface area contributed by atoms with Crippen molar-refractivity contribution in [1.29, 1.82) is 0 Å². The molecule has 0 saturated heterocycles. The van der Waals surface area contributed by atoms with Crippen LogP contribution in [0.25, 0.3) is 10.9 Å². The van der Waals surface area contributed by atoms with Crippen molar-refractivity contribution < 1.29 is 9.21 Å². The fourth-order valence-electron chi connectivity index (χ4n) is 3.42. The number of rotatable bonds is 10. The molecule has 0 aliphatic carbocycles. The van der Waals surface area contributed by atoms with Crippen LogP contribution in [0, 0.1) is 6.92 Å². The molecule has 0 aliphatic heterocycles. The van der Waals surface area contributed by atoms with Crippen molar-refractivity contribution in [3.63, 3.8) is 0 Å². The Morgan fingerprint density at radius 3 is 2.77 bits per heavy atom. The molecule has 4 rings (SSSR count). The Balaban J connectivity index is 1.15. The van der Waals surface area contributed by atoms with Gasteiger partial charge in [0, 0.05) is 41.4 Å². The van der Waals surface area contributed by atoms with Gasteiger partial charge in [0.15, 0.2) is 0 Å². The minimum Gasteiger partial charge on any atom is -0.416 e. The molecule has 160 valence electrons. The Kier molecular flexibility index (Phi) is 7.04. The lowest BCUT2D eigenvalue weighted by Gasteiger charge is -2.05. The quantitative estimate of drug-likeness (QED) is 0.253. The predicted octanol–water partition coefficient (Wildman–Crippen LogP) is 5.55. The van der Waals surface area contributed by atoms with Gasteiger partial charge in [-0.3, -0.25) is 4.79 Å². The van der Waals surface area contributed by atoms with Gasteiger partial charge in [-0.15, -0.1) is 10.2 Å². The number of aromatic amines is 1. The number of anilines is 1. The summed E-state index contributed by atoms with van der Waals surface area (Å²) in [7, 11) is 0. The first-order valence-corrected chi connectivity index (χ1v) is 11.5. The van der Waals surface area contributed by atoms with Crippen molar-refractivity contribution in [2.75, 3.05) is 11.1 Å². The molecular formula is C24H26N4O2S. The normalized spacial score (nSPS) is 11.1. The minimum atomic E-state index is 0.0213. The van der Waals surface area contributed by atoms with E-state index in [2.05, 4.69) is 44.9 Å². The first-order valence-electron chi connectivity index (χ1n) is 10.5. The van der Waals surface area contributed by atoms with Crippen LogP contribution in [-0.2, 0) is 17.6 Å². The van der Waals surface area contributed by atoms with E-state index in [0.717, 1.165) is 37.1 Å². The van der Waals surface area contributed by atoms with Crippen LogP contribution >= 0.6 is 11.8 Å². The van der Waals surface area contributed by atoms with Crippen LogP contribution in [0.15, 0.2) is 64.4 Å². The third-order valence-corrected chi connectivity index (χ3v) is 5.97. The fraction of sp³-hybridized carbons (Fsp3) is 0.292. The lowest BCUT2D eigenvalue weighted by molar-refractivity contribution is -0.116. The fourth-order valence-corrected chi connectivity index (χ4v) is 4.14. The SMILES string of the molecule is Cc1ccc(NC(=O)CCCSc2nnc(CCCc3c[nH]c4ccccc34)o2)cc1. The summed E-state index contributed by atoms with van der Waals surface area (Å²) in [5.74, 6) is 1.45. The summed E-state index contributed by atoms with van der Waals surface area (Å²) >= 11 is 1.50. The van der Waals surface area contributed by atoms with E-state index in [-0.39, 0.29) is 5.91 Å². The van der Waals surface area contributed by atoms with Gasteiger partial charge in [-0.1, -0.05) is 47.7 Å². The third kappa shape index (κ3) is 5.98. The molecule has 0 radical (unpaired) electrons. The number of aromatic nitrogens is 3. The van der Waals surface area contributed by atoms with Crippen molar-refractivity contribution >= 4 is 34.3 Å². The Hall–Kier alpha value is -3.06. The highest BCUT2D eigenvalue weighted by Crippen LogP contribution is 2.21. The van der Waals surface area contributed by atoms with Gasteiger partial charge in [0.25, 0.3) is 5.22 Å². The van der Waals surface area contributed by atoms with Gasteiger partial charge < -0.3 is 14.7 Å². The maximum atomic E-state index is 12.0. The van der Waals surface area contributed by atoms with E-state index in [1.807, 2.05) is 37.3 Å². The molecule has 2 N–H and O–H groups in total. The molecule has 2 aromatic carbocycles. The number of nitrogens with one attached hydrogen (secondary N) is 2. The molecule has 0 aliphatic rings. The van der Waals surface area contributed by atoms with Gasteiger partial charge in [0.1, 0.15) is 0 Å². The summed E-state index contributed by atoms with van der Waals surface area (Å²) in [6, 6.07) is 16.1. The Morgan fingerprint density at radius 2 is 1.90 bits per heavy atom.